The number of nitrogens with zero attached hydrogens (tertiary/aromatic N) is 4. The van der Waals surface area contributed by atoms with E-state index in [1.165, 1.54) is 30.7 Å². The molecule has 1 aromatic heterocycles. The molecule has 6 nitrogen and oxygen atoms in total. The van der Waals surface area contributed by atoms with Crippen LogP contribution in [0.1, 0.15) is 34.3 Å². The second kappa shape index (κ2) is 12.2. The van der Waals surface area contributed by atoms with Crippen LogP contribution in [0.25, 0.3) is 0 Å². The maximum Gasteiger partial charge on any atom is 0.253 e. The van der Waals surface area contributed by atoms with Gasteiger partial charge in [0.25, 0.3) is 5.91 Å². The summed E-state index contributed by atoms with van der Waals surface area (Å²) in [6, 6.07) is 16.4. The highest BCUT2D eigenvalue weighted by Gasteiger charge is 2.28. The molecule has 1 N–H and O–H groups in total. The largest absolute Gasteiger partial charge is 0.353 e. The second-order valence-corrected chi connectivity index (χ2v) is 10.4. The number of hydrogen-bond acceptors (Lipinski definition) is 5. The monoisotopic (exact) mass is 539 g/mol. The maximum atomic E-state index is 13.4. The van der Waals surface area contributed by atoms with Crippen LogP contribution in [-0.2, 0) is 13.1 Å². The third-order valence-corrected chi connectivity index (χ3v) is 7.74. The van der Waals surface area contributed by atoms with E-state index in [0.717, 1.165) is 57.9 Å². The molecule has 0 bridgehead atoms. The fraction of sp³-hybridized carbons (Fsp3) is 0.379. The number of piperazine rings is 1. The van der Waals surface area contributed by atoms with Crippen molar-refractivity contribution in [2.24, 2.45) is 0 Å². The fourth-order valence-electron chi connectivity index (χ4n) is 5.30. The lowest BCUT2D eigenvalue weighted by Crippen LogP contribution is -2.53. The lowest BCUT2D eigenvalue weighted by Gasteiger charge is -2.43. The van der Waals surface area contributed by atoms with E-state index in [2.05, 4.69) is 55.3 Å². The van der Waals surface area contributed by atoms with Gasteiger partial charge in [0.1, 0.15) is 5.82 Å². The van der Waals surface area contributed by atoms with Crippen molar-refractivity contribution < 1.29 is 13.6 Å². The number of amides is 1. The summed E-state index contributed by atoms with van der Waals surface area (Å²) >= 11 is 6.54. The van der Waals surface area contributed by atoms with Crippen LogP contribution in [0.2, 0.25) is 5.02 Å². The summed E-state index contributed by atoms with van der Waals surface area (Å²) < 4.78 is 26.5. The Morgan fingerprint density at radius 2 is 1.66 bits per heavy atom. The Hall–Kier alpha value is -3.07. The topological polar surface area (TPSA) is 51.7 Å². The molecule has 0 saturated carbocycles. The molecule has 3 aromatic rings. The van der Waals surface area contributed by atoms with Crippen LogP contribution in [0.15, 0.2) is 60.8 Å². The Morgan fingerprint density at radius 3 is 2.34 bits per heavy atom. The molecule has 0 aliphatic carbocycles. The first-order valence-electron chi connectivity index (χ1n) is 13.1. The van der Waals surface area contributed by atoms with Gasteiger partial charge in [0.2, 0.25) is 0 Å². The zero-order chi connectivity index (χ0) is 26.5. The number of benzene rings is 2. The number of hydrogen-bond donors (Lipinski definition) is 1. The molecule has 5 rings (SSSR count). The maximum absolute atomic E-state index is 13.4. The number of aromatic nitrogens is 1. The Kier molecular flexibility index (Phi) is 8.51. The van der Waals surface area contributed by atoms with Gasteiger partial charge in [-0.05, 0) is 55.3 Å². The minimum absolute atomic E-state index is 0.0720. The normalized spacial score (nSPS) is 17.5. The number of piperidine rings is 1. The van der Waals surface area contributed by atoms with Gasteiger partial charge in [-0.3, -0.25) is 14.6 Å². The Labute approximate surface area is 227 Å². The van der Waals surface area contributed by atoms with Crippen LogP contribution in [-0.4, -0.2) is 66.0 Å². The SMILES string of the molecule is O=C(NCc1ccc(F)c(F)c1)c1cnc(N2CCN(C3CCN(Cc4ccccc4)CC3)CC2)c(Cl)c1. The lowest BCUT2D eigenvalue weighted by atomic mass is 10.0. The van der Waals surface area contributed by atoms with Gasteiger partial charge in [-0.1, -0.05) is 48.0 Å². The van der Waals surface area contributed by atoms with E-state index in [-0.39, 0.29) is 12.5 Å². The summed E-state index contributed by atoms with van der Waals surface area (Å²) in [4.78, 5) is 24.3. The fourth-order valence-corrected chi connectivity index (χ4v) is 5.59. The minimum Gasteiger partial charge on any atom is -0.353 e. The van der Waals surface area contributed by atoms with Crippen LogP contribution in [0, 0.1) is 11.6 Å². The number of carbonyl (C=O) groups excluding carboxylic acids is 1. The second-order valence-electron chi connectivity index (χ2n) is 9.98. The van der Waals surface area contributed by atoms with Crippen LogP contribution in [0.5, 0.6) is 0 Å². The van der Waals surface area contributed by atoms with Gasteiger partial charge in [0, 0.05) is 51.5 Å². The lowest BCUT2D eigenvalue weighted by molar-refractivity contribution is 0.0950. The Balaban J connectivity index is 1.09. The number of rotatable bonds is 7. The summed E-state index contributed by atoms with van der Waals surface area (Å²) in [5.74, 6) is -1.56. The molecule has 9 heteroatoms. The van der Waals surface area contributed by atoms with E-state index < -0.39 is 11.6 Å². The van der Waals surface area contributed by atoms with E-state index in [9.17, 15) is 13.6 Å². The molecule has 0 unspecified atom stereocenters. The van der Waals surface area contributed by atoms with Crippen molar-refractivity contribution >= 4 is 23.3 Å². The molecule has 2 aliphatic rings. The van der Waals surface area contributed by atoms with Gasteiger partial charge in [-0.2, -0.15) is 0 Å². The molecule has 2 saturated heterocycles. The van der Waals surface area contributed by atoms with Crippen LogP contribution < -0.4 is 10.2 Å². The van der Waals surface area contributed by atoms with Crippen LogP contribution in [0.3, 0.4) is 0 Å². The highest BCUT2D eigenvalue weighted by molar-refractivity contribution is 6.33. The predicted octanol–water partition coefficient (Wildman–Crippen LogP) is 4.73. The summed E-state index contributed by atoms with van der Waals surface area (Å²) in [5.41, 5.74) is 2.16. The van der Waals surface area contributed by atoms with Gasteiger partial charge in [-0.15, -0.1) is 0 Å². The first-order chi connectivity index (χ1) is 18.5. The summed E-state index contributed by atoms with van der Waals surface area (Å²) in [7, 11) is 0. The highest BCUT2D eigenvalue weighted by Crippen LogP contribution is 2.27. The molecule has 0 atom stereocenters. The van der Waals surface area contributed by atoms with E-state index >= 15 is 0 Å². The first kappa shape index (κ1) is 26.5. The Morgan fingerprint density at radius 1 is 0.921 bits per heavy atom. The smallest absolute Gasteiger partial charge is 0.253 e. The zero-order valence-corrected chi connectivity index (χ0v) is 22.0. The molecule has 1 amide bonds. The van der Waals surface area contributed by atoms with Crippen molar-refractivity contribution in [2.75, 3.05) is 44.2 Å². The van der Waals surface area contributed by atoms with Crippen molar-refractivity contribution in [1.29, 1.82) is 0 Å². The summed E-state index contributed by atoms with van der Waals surface area (Å²) in [6.07, 6.45) is 3.87. The standard InChI is InChI=1S/C29H32ClF2N5O/c30-25-17-23(29(38)34-18-22-6-7-26(31)27(32)16-22)19-33-28(25)37-14-12-36(13-15-37)24-8-10-35(11-9-24)20-21-4-2-1-3-5-21/h1-7,16-17,19,24H,8-15,18,20H2,(H,34,38). The summed E-state index contributed by atoms with van der Waals surface area (Å²) in [6.45, 7) is 6.90. The van der Waals surface area contributed by atoms with Crippen molar-refractivity contribution in [2.45, 2.75) is 32.0 Å². The zero-order valence-electron chi connectivity index (χ0n) is 21.3. The molecule has 38 heavy (non-hydrogen) atoms. The van der Waals surface area contributed by atoms with E-state index in [1.807, 2.05) is 0 Å². The van der Waals surface area contributed by atoms with Crippen molar-refractivity contribution in [3.8, 4) is 0 Å². The van der Waals surface area contributed by atoms with Crippen molar-refractivity contribution in [3.63, 3.8) is 0 Å². The van der Waals surface area contributed by atoms with Gasteiger partial charge in [0.15, 0.2) is 11.6 Å². The average molecular weight is 540 g/mol. The van der Waals surface area contributed by atoms with Crippen LogP contribution >= 0.6 is 11.6 Å². The third kappa shape index (κ3) is 6.49. The number of nitrogens with one attached hydrogen (secondary N) is 1. The van der Waals surface area contributed by atoms with E-state index in [1.54, 1.807) is 6.07 Å². The first-order valence-corrected chi connectivity index (χ1v) is 13.5. The number of likely N-dealkylation sites (tertiary alicyclic amines) is 1. The Bertz CT molecular complexity index is 1240. The molecule has 2 aliphatic heterocycles. The molecule has 0 spiro atoms. The van der Waals surface area contributed by atoms with Gasteiger partial charge >= 0.3 is 0 Å². The molecule has 2 aromatic carbocycles. The number of anilines is 1. The van der Waals surface area contributed by atoms with Crippen LogP contribution in [0.4, 0.5) is 14.6 Å². The van der Waals surface area contributed by atoms with E-state index in [4.69, 9.17) is 11.6 Å². The minimum atomic E-state index is -0.945. The number of pyridine rings is 1. The van der Waals surface area contributed by atoms with Crippen molar-refractivity contribution in [1.82, 2.24) is 20.1 Å². The molecule has 2 fully saturated rings. The number of halogens is 3. The van der Waals surface area contributed by atoms with Crippen molar-refractivity contribution in [3.05, 3.63) is 94.1 Å². The molecule has 200 valence electrons. The molecular formula is C29H32ClF2N5O. The predicted molar refractivity (Wildman–Crippen MR) is 145 cm³/mol. The highest BCUT2D eigenvalue weighted by atomic mass is 35.5. The van der Waals surface area contributed by atoms with Gasteiger partial charge in [0.05, 0.1) is 10.6 Å². The molecule has 3 heterocycles. The van der Waals surface area contributed by atoms with Gasteiger partial charge in [-0.25, -0.2) is 13.8 Å². The summed E-state index contributed by atoms with van der Waals surface area (Å²) in [5, 5.41) is 3.12. The third-order valence-electron chi connectivity index (χ3n) is 7.46. The van der Waals surface area contributed by atoms with Gasteiger partial charge < -0.3 is 10.2 Å². The van der Waals surface area contributed by atoms with E-state index in [0.29, 0.717) is 28.0 Å². The average Bonchev–Trinajstić information content (AvgIpc) is 2.94. The quantitative estimate of drug-likeness (QED) is 0.470. The molecular weight excluding hydrogens is 508 g/mol. The number of carbonyl (C=O) groups is 1. The molecule has 0 radical (unpaired) electrons.